The van der Waals surface area contributed by atoms with Gasteiger partial charge < -0.3 is 0 Å². The van der Waals surface area contributed by atoms with Crippen molar-refractivity contribution in [1.82, 2.24) is 0 Å². The lowest BCUT2D eigenvalue weighted by Crippen LogP contribution is -2.42. The lowest BCUT2D eigenvalue weighted by molar-refractivity contribution is 0.0449. The number of hydrogen-bond acceptors (Lipinski definition) is 0. The number of hydrogen-bond donors (Lipinski definition) is 0. The van der Waals surface area contributed by atoms with Crippen LogP contribution in [0.3, 0.4) is 0 Å². The van der Waals surface area contributed by atoms with Crippen molar-refractivity contribution in [2.24, 2.45) is 35.5 Å². The maximum atomic E-state index is 2.70. The summed E-state index contributed by atoms with van der Waals surface area (Å²) in [6.07, 6.45) is 16.3. The Balaban J connectivity index is 1.64. The van der Waals surface area contributed by atoms with Crippen LogP contribution >= 0.6 is 0 Å². The fourth-order valence-electron chi connectivity index (χ4n) is 6.28. The summed E-state index contributed by atoms with van der Waals surface area (Å²) in [5.74, 6) is 6.39. The summed E-state index contributed by atoms with van der Waals surface area (Å²) in [5, 5.41) is 0. The van der Waals surface area contributed by atoms with Crippen LogP contribution in [-0.2, 0) is 0 Å². The Hall–Kier alpha value is -0.260. The van der Waals surface area contributed by atoms with E-state index >= 15 is 0 Å². The minimum atomic E-state index is 0.982. The third-order valence-corrected chi connectivity index (χ3v) is 6.97. The second-order valence-electron chi connectivity index (χ2n) is 7.67. The van der Waals surface area contributed by atoms with E-state index in [9.17, 15) is 0 Å². The molecule has 0 bridgehead atoms. The molecule has 100 valence electrons. The molecule has 0 radical (unpaired) electrons. The zero-order chi connectivity index (χ0) is 12.1. The third-order valence-electron chi connectivity index (χ3n) is 6.97. The van der Waals surface area contributed by atoms with Crippen molar-refractivity contribution < 1.29 is 0 Å². The largest absolute Gasteiger partial charge is 0.0847 e. The van der Waals surface area contributed by atoms with Gasteiger partial charge in [0.1, 0.15) is 0 Å². The molecule has 0 aromatic carbocycles. The summed E-state index contributed by atoms with van der Waals surface area (Å²) in [4.78, 5) is 0. The molecule has 0 aliphatic heterocycles. The van der Waals surface area contributed by atoms with Crippen molar-refractivity contribution in [2.75, 3.05) is 0 Å². The van der Waals surface area contributed by atoms with Gasteiger partial charge >= 0.3 is 0 Å². The van der Waals surface area contributed by atoms with Gasteiger partial charge in [-0.25, -0.2) is 0 Å². The van der Waals surface area contributed by atoms with Crippen LogP contribution in [0.5, 0.6) is 0 Å². The lowest BCUT2D eigenvalue weighted by atomic mass is 9.55. The molecule has 0 amide bonds. The Labute approximate surface area is 112 Å². The van der Waals surface area contributed by atoms with E-state index in [0.29, 0.717) is 0 Å². The molecule has 3 saturated carbocycles. The predicted molar refractivity (Wildman–Crippen MR) is 76.3 cm³/mol. The summed E-state index contributed by atoms with van der Waals surface area (Å²) in [6, 6.07) is 0. The van der Waals surface area contributed by atoms with Gasteiger partial charge in [0.15, 0.2) is 0 Å². The molecule has 0 saturated heterocycles. The minimum absolute atomic E-state index is 0.982. The molecule has 6 atom stereocenters. The molecule has 0 heterocycles. The molecule has 3 fully saturated rings. The van der Waals surface area contributed by atoms with Gasteiger partial charge in [0.25, 0.3) is 0 Å². The number of allylic oxidation sites excluding steroid dienone is 2. The van der Waals surface area contributed by atoms with Gasteiger partial charge in [0.05, 0.1) is 0 Å². The smallest absolute Gasteiger partial charge is 0.0146 e. The highest BCUT2D eigenvalue weighted by Crippen LogP contribution is 2.57. The van der Waals surface area contributed by atoms with Crippen LogP contribution in [0.1, 0.15) is 64.7 Å². The highest BCUT2D eigenvalue weighted by atomic mass is 14.5. The zero-order valence-corrected chi connectivity index (χ0v) is 11.9. The van der Waals surface area contributed by atoms with E-state index in [4.69, 9.17) is 0 Å². The molecule has 0 N–H and O–H groups in total. The Morgan fingerprint density at radius 2 is 1.83 bits per heavy atom. The maximum Gasteiger partial charge on any atom is -0.0146 e. The van der Waals surface area contributed by atoms with Gasteiger partial charge in [0.2, 0.25) is 0 Å². The first-order valence-corrected chi connectivity index (χ1v) is 8.53. The Morgan fingerprint density at radius 3 is 2.78 bits per heavy atom. The maximum absolute atomic E-state index is 2.70. The van der Waals surface area contributed by atoms with Gasteiger partial charge in [-0.2, -0.15) is 0 Å². The third kappa shape index (κ3) is 1.63. The molecule has 6 unspecified atom stereocenters. The molecule has 0 nitrogen and oxygen atoms in total. The van der Waals surface area contributed by atoms with E-state index in [1.807, 2.05) is 5.57 Å². The topological polar surface area (TPSA) is 0 Å². The first-order valence-electron chi connectivity index (χ1n) is 8.53. The van der Waals surface area contributed by atoms with Crippen LogP contribution < -0.4 is 0 Å². The standard InChI is InChI=1S/C18H28/c1-12-4-2-6-14-9-10-16-15-7-3-5-13(15)8-11-17(16)18(12)14/h9,12-13,15-18H,2-8,10-11H2,1H3. The summed E-state index contributed by atoms with van der Waals surface area (Å²) < 4.78 is 0. The fourth-order valence-corrected chi connectivity index (χ4v) is 6.28. The first kappa shape index (κ1) is 11.6. The molecular formula is C18H28. The van der Waals surface area contributed by atoms with Crippen LogP contribution in [0.2, 0.25) is 0 Å². The minimum Gasteiger partial charge on any atom is -0.0847 e. The van der Waals surface area contributed by atoms with Gasteiger partial charge in [-0.05, 0) is 80.5 Å². The average Bonchev–Trinajstić information content (AvgIpc) is 2.86. The molecule has 4 aliphatic carbocycles. The molecule has 18 heavy (non-hydrogen) atoms. The van der Waals surface area contributed by atoms with Crippen molar-refractivity contribution in [1.29, 1.82) is 0 Å². The normalized spacial score (nSPS) is 51.1. The van der Waals surface area contributed by atoms with E-state index in [1.54, 1.807) is 25.7 Å². The van der Waals surface area contributed by atoms with Crippen LogP contribution in [0, 0.1) is 35.5 Å². The van der Waals surface area contributed by atoms with Crippen LogP contribution in [0.4, 0.5) is 0 Å². The van der Waals surface area contributed by atoms with Gasteiger partial charge in [-0.3, -0.25) is 0 Å². The number of rotatable bonds is 0. The predicted octanol–water partition coefficient (Wildman–Crippen LogP) is 5.20. The first-order chi connectivity index (χ1) is 8.84. The molecule has 4 rings (SSSR count). The summed E-state index contributed by atoms with van der Waals surface area (Å²) in [5.41, 5.74) is 1.88. The molecule has 0 heteroatoms. The fraction of sp³-hybridized carbons (Fsp3) is 0.889. The summed E-state index contributed by atoms with van der Waals surface area (Å²) in [7, 11) is 0. The molecule has 0 spiro atoms. The molecule has 0 aromatic heterocycles. The van der Waals surface area contributed by atoms with E-state index in [0.717, 1.165) is 35.5 Å². The number of fused-ring (bicyclic) bond motifs is 5. The van der Waals surface area contributed by atoms with E-state index < -0.39 is 0 Å². The highest BCUT2D eigenvalue weighted by molar-refractivity contribution is 5.18. The van der Waals surface area contributed by atoms with Gasteiger partial charge in [-0.15, -0.1) is 0 Å². The second-order valence-corrected chi connectivity index (χ2v) is 7.67. The Bertz CT molecular complexity index is 353. The van der Waals surface area contributed by atoms with Crippen molar-refractivity contribution in [3.05, 3.63) is 11.6 Å². The lowest BCUT2D eigenvalue weighted by Gasteiger charge is -2.50. The highest BCUT2D eigenvalue weighted by Gasteiger charge is 2.47. The summed E-state index contributed by atoms with van der Waals surface area (Å²) >= 11 is 0. The Morgan fingerprint density at radius 1 is 0.889 bits per heavy atom. The van der Waals surface area contributed by atoms with Gasteiger partial charge in [0, 0.05) is 0 Å². The monoisotopic (exact) mass is 244 g/mol. The van der Waals surface area contributed by atoms with E-state index in [-0.39, 0.29) is 0 Å². The van der Waals surface area contributed by atoms with Crippen LogP contribution in [0.25, 0.3) is 0 Å². The average molecular weight is 244 g/mol. The molecule has 4 aliphatic rings. The van der Waals surface area contributed by atoms with Crippen LogP contribution in [0.15, 0.2) is 11.6 Å². The van der Waals surface area contributed by atoms with Crippen molar-refractivity contribution in [2.45, 2.75) is 64.7 Å². The molecular weight excluding hydrogens is 216 g/mol. The van der Waals surface area contributed by atoms with E-state index in [1.165, 1.54) is 32.1 Å². The zero-order valence-electron chi connectivity index (χ0n) is 11.9. The van der Waals surface area contributed by atoms with Gasteiger partial charge in [-0.1, -0.05) is 31.4 Å². The quantitative estimate of drug-likeness (QED) is 0.514. The molecule has 0 aromatic rings. The van der Waals surface area contributed by atoms with Crippen molar-refractivity contribution in [3.63, 3.8) is 0 Å². The summed E-state index contributed by atoms with van der Waals surface area (Å²) in [6.45, 7) is 2.54. The van der Waals surface area contributed by atoms with Crippen LogP contribution in [-0.4, -0.2) is 0 Å². The van der Waals surface area contributed by atoms with E-state index in [2.05, 4.69) is 13.0 Å². The Kier molecular flexibility index (Phi) is 2.82. The SMILES string of the molecule is CC1CCCC2=CCC3C4CCCC4CCC3C21. The van der Waals surface area contributed by atoms with Crippen molar-refractivity contribution in [3.8, 4) is 0 Å². The van der Waals surface area contributed by atoms with Crippen molar-refractivity contribution >= 4 is 0 Å². The second kappa shape index (κ2) is 4.39.